The van der Waals surface area contributed by atoms with Crippen molar-refractivity contribution in [1.29, 1.82) is 0 Å². The van der Waals surface area contributed by atoms with Crippen molar-refractivity contribution >= 4 is 0 Å². The first kappa shape index (κ1) is 12.7. The van der Waals surface area contributed by atoms with Crippen molar-refractivity contribution < 1.29 is 4.74 Å². The van der Waals surface area contributed by atoms with E-state index in [1.807, 2.05) is 0 Å². The van der Waals surface area contributed by atoms with Crippen LogP contribution >= 0.6 is 0 Å². The fourth-order valence-corrected chi connectivity index (χ4v) is 3.96. The third kappa shape index (κ3) is 1.97. The lowest BCUT2D eigenvalue weighted by molar-refractivity contribution is 0.0998. The number of nitrogens with zero attached hydrogens (tertiary/aromatic N) is 2. The monoisotopic (exact) mass is 273 g/mol. The van der Waals surface area contributed by atoms with Crippen molar-refractivity contribution in [2.24, 2.45) is 0 Å². The Morgan fingerprint density at radius 3 is 2.85 bits per heavy atom. The number of hydrogen-bond acceptors (Lipinski definition) is 4. The highest BCUT2D eigenvalue weighted by molar-refractivity contribution is 5.31. The Morgan fingerprint density at radius 1 is 1.25 bits per heavy atom. The van der Waals surface area contributed by atoms with E-state index in [-0.39, 0.29) is 0 Å². The van der Waals surface area contributed by atoms with E-state index in [9.17, 15) is 0 Å². The Bertz CT molecular complexity index is 529. The van der Waals surface area contributed by atoms with Crippen molar-refractivity contribution in [3.05, 3.63) is 22.8 Å². The minimum Gasteiger partial charge on any atom is -0.374 e. The molecule has 2 bridgehead atoms. The van der Waals surface area contributed by atoms with Gasteiger partial charge in [-0.15, -0.1) is 0 Å². The molecule has 0 saturated carbocycles. The van der Waals surface area contributed by atoms with Gasteiger partial charge in [-0.1, -0.05) is 13.8 Å². The van der Waals surface area contributed by atoms with Gasteiger partial charge in [0.25, 0.3) is 0 Å². The first-order valence-corrected chi connectivity index (χ1v) is 7.98. The molecule has 3 atom stereocenters. The van der Waals surface area contributed by atoms with E-state index in [0.29, 0.717) is 24.0 Å². The summed E-state index contributed by atoms with van der Waals surface area (Å²) < 4.78 is 5.99. The minimum absolute atomic E-state index is 0.370. The number of fused-ring (bicyclic) bond motifs is 3. The van der Waals surface area contributed by atoms with Crippen LogP contribution in [0.15, 0.2) is 0 Å². The average molecular weight is 273 g/mol. The van der Waals surface area contributed by atoms with Crippen molar-refractivity contribution in [3.8, 4) is 0 Å². The highest BCUT2D eigenvalue weighted by Crippen LogP contribution is 2.43. The fraction of sp³-hybridized carbons (Fsp3) is 0.750. The van der Waals surface area contributed by atoms with E-state index in [1.54, 1.807) is 0 Å². The zero-order chi connectivity index (χ0) is 13.7. The molecule has 1 aromatic rings. The van der Waals surface area contributed by atoms with Crippen LogP contribution in [0.3, 0.4) is 0 Å². The summed E-state index contributed by atoms with van der Waals surface area (Å²) in [4.78, 5) is 9.87. The van der Waals surface area contributed by atoms with E-state index in [2.05, 4.69) is 19.2 Å². The largest absolute Gasteiger partial charge is 0.374 e. The zero-order valence-corrected chi connectivity index (χ0v) is 12.4. The first-order valence-electron chi connectivity index (χ1n) is 7.98. The standard InChI is InChI=1S/C16H23N3O/c1-9(2)15-11-5-6-17-8-13(11)18-16(19-15)12-7-10-3-4-14(12)20-10/h9-10,12,14,17H,3-8H2,1-2H3. The lowest BCUT2D eigenvalue weighted by Crippen LogP contribution is -2.29. The molecule has 20 heavy (non-hydrogen) atoms. The maximum atomic E-state index is 5.99. The third-order valence-corrected chi connectivity index (χ3v) is 4.97. The Balaban J connectivity index is 1.75. The van der Waals surface area contributed by atoms with E-state index in [4.69, 9.17) is 14.7 Å². The molecule has 1 aromatic heterocycles. The summed E-state index contributed by atoms with van der Waals surface area (Å²) in [7, 11) is 0. The van der Waals surface area contributed by atoms with Crippen LogP contribution in [0, 0.1) is 0 Å². The molecule has 2 fully saturated rings. The second kappa shape index (κ2) is 4.78. The van der Waals surface area contributed by atoms with Crippen molar-refractivity contribution in [2.75, 3.05) is 6.54 Å². The number of rotatable bonds is 2. The molecule has 0 spiro atoms. The molecule has 0 amide bonds. The predicted molar refractivity (Wildman–Crippen MR) is 76.8 cm³/mol. The van der Waals surface area contributed by atoms with Crippen LogP contribution in [0.2, 0.25) is 0 Å². The second-order valence-electron chi connectivity index (χ2n) is 6.69. The van der Waals surface area contributed by atoms with Crippen LogP contribution in [0.1, 0.15) is 67.7 Å². The second-order valence-corrected chi connectivity index (χ2v) is 6.69. The molecule has 3 aliphatic rings. The van der Waals surface area contributed by atoms with Gasteiger partial charge in [0.2, 0.25) is 0 Å². The van der Waals surface area contributed by atoms with Gasteiger partial charge in [-0.25, -0.2) is 9.97 Å². The molecule has 4 rings (SSSR count). The Morgan fingerprint density at radius 2 is 2.15 bits per heavy atom. The normalized spacial score (nSPS) is 31.9. The molecule has 0 aromatic carbocycles. The topological polar surface area (TPSA) is 47.0 Å². The molecule has 2 saturated heterocycles. The fourth-order valence-electron chi connectivity index (χ4n) is 3.96. The highest BCUT2D eigenvalue weighted by atomic mass is 16.5. The average Bonchev–Trinajstić information content (AvgIpc) is 3.08. The molecule has 0 radical (unpaired) electrons. The SMILES string of the molecule is CC(C)c1nc(C2CC3CCC2O3)nc2c1CCNC2. The van der Waals surface area contributed by atoms with Gasteiger partial charge in [0.05, 0.1) is 23.6 Å². The van der Waals surface area contributed by atoms with Crippen LogP contribution in [0.4, 0.5) is 0 Å². The van der Waals surface area contributed by atoms with E-state index >= 15 is 0 Å². The smallest absolute Gasteiger partial charge is 0.134 e. The number of hydrogen-bond donors (Lipinski definition) is 1. The molecule has 3 unspecified atom stereocenters. The van der Waals surface area contributed by atoms with Crippen LogP contribution in [0.25, 0.3) is 0 Å². The van der Waals surface area contributed by atoms with Gasteiger partial charge in [-0.05, 0) is 43.7 Å². The lowest BCUT2D eigenvalue weighted by Gasteiger charge is -2.24. The predicted octanol–water partition coefficient (Wildman–Crippen LogP) is 2.28. The Hall–Kier alpha value is -1.00. The van der Waals surface area contributed by atoms with Crippen LogP contribution in [-0.2, 0) is 17.7 Å². The summed E-state index contributed by atoms with van der Waals surface area (Å²) in [5.74, 6) is 1.95. The molecule has 3 aliphatic heterocycles. The summed E-state index contributed by atoms with van der Waals surface area (Å²) >= 11 is 0. The van der Waals surface area contributed by atoms with Gasteiger partial charge in [-0.2, -0.15) is 0 Å². The maximum absolute atomic E-state index is 5.99. The lowest BCUT2D eigenvalue weighted by atomic mass is 9.88. The van der Waals surface area contributed by atoms with Gasteiger partial charge in [0, 0.05) is 12.5 Å². The van der Waals surface area contributed by atoms with Crippen molar-refractivity contribution in [1.82, 2.24) is 15.3 Å². The summed E-state index contributed by atoms with van der Waals surface area (Å²) in [6.45, 7) is 6.43. The summed E-state index contributed by atoms with van der Waals surface area (Å²) in [5.41, 5.74) is 3.90. The van der Waals surface area contributed by atoms with Crippen LogP contribution in [-0.4, -0.2) is 28.7 Å². The number of nitrogens with one attached hydrogen (secondary N) is 1. The molecule has 4 nitrogen and oxygen atoms in total. The van der Waals surface area contributed by atoms with E-state index < -0.39 is 0 Å². The molecule has 108 valence electrons. The van der Waals surface area contributed by atoms with Gasteiger partial charge >= 0.3 is 0 Å². The van der Waals surface area contributed by atoms with Gasteiger partial charge in [0.15, 0.2) is 0 Å². The number of aromatic nitrogens is 2. The molecular formula is C16H23N3O. The van der Waals surface area contributed by atoms with Crippen molar-refractivity contribution in [3.63, 3.8) is 0 Å². The molecule has 4 heterocycles. The Kier molecular flexibility index (Phi) is 3.04. The molecule has 0 aliphatic carbocycles. The first-order chi connectivity index (χ1) is 9.72. The van der Waals surface area contributed by atoms with Crippen LogP contribution < -0.4 is 5.32 Å². The van der Waals surface area contributed by atoms with E-state index in [0.717, 1.165) is 31.8 Å². The zero-order valence-electron chi connectivity index (χ0n) is 12.4. The summed E-state index contributed by atoms with van der Waals surface area (Å²) in [6, 6.07) is 0. The third-order valence-electron chi connectivity index (χ3n) is 4.97. The van der Waals surface area contributed by atoms with E-state index in [1.165, 1.54) is 29.8 Å². The van der Waals surface area contributed by atoms with Gasteiger partial charge < -0.3 is 10.1 Å². The van der Waals surface area contributed by atoms with Gasteiger partial charge in [-0.3, -0.25) is 0 Å². The minimum atomic E-state index is 0.370. The number of ether oxygens (including phenoxy) is 1. The van der Waals surface area contributed by atoms with Crippen LogP contribution in [0.5, 0.6) is 0 Å². The van der Waals surface area contributed by atoms with Gasteiger partial charge in [0.1, 0.15) is 5.82 Å². The highest BCUT2D eigenvalue weighted by Gasteiger charge is 2.43. The molecular weight excluding hydrogens is 250 g/mol. The summed E-state index contributed by atoms with van der Waals surface area (Å²) in [5, 5.41) is 3.44. The summed E-state index contributed by atoms with van der Waals surface area (Å²) in [6.07, 6.45) is 5.43. The quantitative estimate of drug-likeness (QED) is 0.898. The van der Waals surface area contributed by atoms with Crippen molar-refractivity contribution in [2.45, 2.75) is 70.1 Å². The molecule has 1 N–H and O–H groups in total. The Labute approximate surface area is 120 Å². The molecule has 4 heteroatoms. The maximum Gasteiger partial charge on any atom is 0.134 e.